The van der Waals surface area contributed by atoms with Crippen LogP contribution in [0.25, 0.3) is 12.2 Å². The van der Waals surface area contributed by atoms with E-state index in [1.165, 1.54) is 5.22 Å². The molecule has 1 rings (SSSR count). The third-order valence-electron chi connectivity index (χ3n) is 1.99. The number of hydrogen-bond donors (Lipinski definition) is 0. The second-order valence-corrected chi connectivity index (χ2v) is 3.17. The predicted molar refractivity (Wildman–Crippen MR) is 65.0 cm³/mol. The highest BCUT2D eigenvalue weighted by Gasteiger charge is 1.80. The van der Waals surface area contributed by atoms with E-state index in [2.05, 4.69) is 30.3 Å². The van der Waals surface area contributed by atoms with Crippen LogP contribution in [0.3, 0.4) is 0 Å². The van der Waals surface area contributed by atoms with Crippen molar-refractivity contribution in [2.24, 2.45) is 5.16 Å². The molecule has 15 heavy (non-hydrogen) atoms. The average Bonchev–Trinajstić information content (AvgIpc) is 2.29. The molecule has 0 N–H and O–H groups in total. The highest BCUT2D eigenvalue weighted by molar-refractivity contribution is 5.90. The van der Waals surface area contributed by atoms with E-state index in [4.69, 9.17) is 4.84 Å². The van der Waals surface area contributed by atoms with Crippen molar-refractivity contribution >= 4 is 18.4 Å². The van der Waals surface area contributed by atoms with Crippen molar-refractivity contribution in [2.75, 3.05) is 6.61 Å². The van der Waals surface area contributed by atoms with Crippen molar-refractivity contribution in [1.29, 1.82) is 0 Å². The SMILES string of the molecule is C/C=c1/cccc/c1=C/C=N/OCCC. The Morgan fingerprint density at radius 2 is 2.00 bits per heavy atom. The summed E-state index contributed by atoms with van der Waals surface area (Å²) in [6, 6.07) is 8.17. The average molecular weight is 203 g/mol. The van der Waals surface area contributed by atoms with Crippen LogP contribution >= 0.6 is 0 Å². The molecule has 0 atom stereocenters. The van der Waals surface area contributed by atoms with Gasteiger partial charge in [-0.1, -0.05) is 42.4 Å². The Bertz CT molecular complexity index is 420. The van der Waals surface area contributed by atoms with Gasteiger partial charge in [0.05, 0.1) is 6.21 Å². The highest BCUT2D eigenvalue weighted by atomic mass is 16.6. The van der Waals surface area contributed by atoms with Crippen molar-refractivity contribution in [2.45, 2.75) is 20.3 Å². The van der Waals surface area contributed by atoms with E-state index in [1.54, 1.807) is 6.21 Å². The molecule has 1 aromatic carbocycles. The van der Waals surface area contributed by atoms with Gasteiger partial charge in [0.15, 0.2) is 0 Å². The molecule has 0 aliphatic heterocycles. The molecule has 0 aliphatic rings. The lowest BCUT2D eigenvalue weighted by molar-refractivity contribution is 0.147. The molecular weight excluding hydrogens is 186 g/mol. The van der Waals surface area contributed by atoms with E-state index in [-0.39, 0.29) is 0 Å². The molecule has 0 heterocycles. The van der Waals surface area contributed by atoms with Crippen molar-refractivity contribution in [3.05, 3.63) is 34.7 Å². The molecule has 0 spiro atoms. The van der Waals surface area contributed by atoms with E-state index < -0.39 is 0 Å². The summed E-state index contributed by atoms with van der Waals surface area (Å²) >= 11 is 0. The Kier molecular flexibility index (Phi) is 5.23. The second-order valence-electron chi connectivity index (χ2n) is 3.17. The Morgan fingerprint density at radius 3 is 2.67 bits per heavy atom. The molecule has 0 radical (unpaired) electrons. The van der Waals surface area contributed by atoms with Gasteiger partial charge < -0.3 is 4.84 Å². The Hall–Kier alpha value is -1.57. The molecule has 2 heteroatoms. The summed E-state index contributed by atoms with van der Waals surface area (Å²) in [6.07, 6.45) is 6.70. The van der Waals surface area contributed by atoms with Gasteiger partial charge in [-0.2, -0.15) is 0 Å². The third-order valence-corrected chi connectivity index (χ3v) is 1.99. The summed E-state index contributed by atoms with van der Waals surface area (Å²) < 4.78 is 0. The Balaban J connectivity index is 2.78. The van der Waals surface area contributed by atoms with Crippen LogP contribution in [0.15, 0.2) is 29.4 Å². The van der Waals surface area contributed by atoms with Gasteiger partial charge in [-0.15, -0.1) is 0 Å². The first-order valence-electron chi connectivity index (χ1n) is 5.25. The zero-order chi connectivity index (χ0) is 10.9. The predicted octanol–water partition coefficient (Wildman–Crippen LogP) is 1.68. The zero-order valence-corrected chi connectivity index (χ0v) is 9.31. The van der Waals surface area contributed by atoms with Crippen LogP contribution in [0.4, 0.5) is 0 Å². The first kappa shape index (κ1) is 11.5. The summed E-state index contributed by atoms with van der Waals surface area (Å²) in [5.41, 5.74) is 0. The van der Waals surface area contributed by atoms with Gasteiger partial charge in [0, 0.05) is 0 Å². The molecule has 80 valence electrons. The maximum atomic E-state index is 5.01. The van der Waals surface area contributed by atoms with E-state index in [1.807, 2.05) is 25.1 Å². The van der Waals surface area contributed by atoms with Crippen molar-refractivity contribution in [3.63, 3.8) is 0 Å². The van der Waals surface area contributed by atoms with Gasteiger partial charge in [0.1, 0.15) is 6.61 Å². The summed E-state index contributed by atoms with van der Waals surface area (Å²) in [7, 11) is 0. The smallest absolute Gasteiger partial charge is 0.116 e. The highest BCUT2D eigenvalue weighted by Crippen LogP contribution is 1.79. The maximum Gasteiger partial charge on any atom is 0.116 e. The van der Waals surface area contributed by atoms with Gasteiger partial charge in [0.25, 0.3) is 0 Å². The summed E-state index contributed by atoms with van der Waals surface area (Å²) in [6.45, 7) is 4.75. The second kappa shape index (κ2) is 6.82. The van der Waals surface area contributed by atoms with Crippen molar-refractivity contribution in [3.8, 4) is 0 Å². The van der Waals surface area contributed by atoms with E-state index >= 15 is 0 Å². The standard InChI is InChI=1S/C13H17NO/c1-3-11-15-14-10-9-13-8-6-5-7-12(13)4-2/h4-10H,3,11H2,1-2H3/b12-4-,13-9-,14-10+. The first-order chi connectivity index (χ1) is 7.38. The van der Waals surface area contributed by atoms with Crippen LogP contribution in [0.5, 0.6) is 0 Å². The van der Waals surface area contributed by atoms with Gasteiger partial charge >= 0.3 is 0 Å². The fourth-order valence-electron chi connectivity index (χ4n) is 1.22. The quantitative estimate of drug-likeness (QED) is 0.414. The fourth-order valence-corrected chi connectivity index (χ4v) is 1.22. The molecule has 2 nitrogen and oxygen atoms in total. The zero-order valence-electron chi connectivity index (χ0n) is 9.31. The Labute approximate surface area is 90.6 Å². The lowest BCUT2D eigenvalue weighted by atomic mass is 10.2. The molecule has 0 amide bonds. The van der Waals surface area contributed by atoms with E-state index in [0.717, 1.165) is 11.6 Å². The van der Waals surface area contributed by atoms with Crippen LogP contribution in [0.1, 0.15) is 20.3 Å². The minimum Gasteiger partial charge on any atom is -0.396 e. The number of hydrogen-bond acceptors (Lipinski definition) is 2. The lowest BCUT2D eigenvalue weighted by Crippen LogP contribution is -2.23. The van der Waals surface area contributed by atoms with Crippen molar-refractivity contribution < 1.29 is 4.84 Å². The number of rotatable bonds is 4. The molecule has 0 saturated carbocycles. The van der Waals surface area contributed by atoms with Crippen LogP contribution < -0.4 is 10.4 Å². The Morgan fingerprint density at radius 1 is 1.27 bits per heavy atom. The summed E-state index contributed by atoms with van der Waals surface area (Å²) in [5, 5.41) is 6.20. The van der Waals surface area contributed by atoms with Crippen LogP contribution in [0.2, 0.25) is 0 Å². The summed E-state index contributed by atoms with van der Waals surface area (Å²) in [4.78, 5) is 5.01. The number of nitrogens with zero attached hydrogens (tertiary/aromatic N) is 1. The van der Waals surface area contributed by atoms with Crippen LogP contribution in [0, 0.1) is 0 Å². The largest absolute Gasteiger partial charge is 0.396 e. The number of benzene rings is 1. The molecule has 0 bridgehead atoms. The van der Waals surface area contributed by atoms with Gasteiger partial charge in [-0.25, -0.2) is 0 Å². The fraction of sp³-hybridized carbons (Fsp3) is 0.308. The molecule has 1 aromatic rings. The maximum absolute atomic E-state index is 5.01. The molecule has 0 aromatic heterocycles. The van der Waals surface area contributed by atoms with Gasteiger partial charge in [0.2, 0.25) is 0 Å². The van der Waals surface area contributed by atoms with E-state index in [9.17, 15) is 0 Å². The molecular formula is C13H17NO. The number of oxime groups is 1. The molecule has 0 aliphatic carbocycles. The summed E-state index contributed by atoms with van der Waals surface area (Å²) in [5.74, 6) is 0. The van der Waals surface area contributed by atoms with Gasteiger partial charge in [-0.3, -0.25) is 0 Å². The minimum absolute atomic E-state index is 0.673. The molecule has 0 saturated heterocycles. The third kappa shape index (κ3) is 3.98. The minimum atomic E-state index is 0.673. The van der Waals surface area contributed by atoms with E-state index in [0.29, 0.717) is 6.61 Å². The van der Waals surface area contributed by atoms with Crippen LogP contribution in [-0.4, -0.2) is 12.8 Å². The lowest BCUT2D eigenvalue weighted by Gasteiger charge is -1.91. The first-order valence-corrected chi connectivity index (χ1v) is 5.25. The van der Waals surface area contributed by atoms with Crippen molar-refractivity contribution in [1.82, 2.24) is 0 Å². The van der Waals surface area contributed by atoms with Gasteiger partial charge in [-0.05, 0) is 29.9 Å². The monoisotopic (exact) mass is 203 g/mol. The normalized spacial score (nSPS) is 13.7. The topological polar surface area (TPSA) is 21.6 Å². The molecule has 0 unspecified atom stereocenters. The molecule has 0 fully saturated rings. The van der Waals surface area contributed by atoms with Crippen LogP contribution in [-0.2, 0) is 4.84 Å².